The number of nitrogens with one attached hydrogen (secondary N) is 1. The Morgan fingerprint density at radius 1 is 1.16 bits per heavy atom. The van der Waals surface area contributed by atoms with Gasteiger partial charge < -0.3 is 4.90 Å². The fourth-order valence-corrected chi connectivity index (χ4v) is 4.76. The molecule has 1 unspecified atom stereocenters. The van der Waals surface area contributed by atoms with Crippen molar-refractivity contribution in [3.8, 4) is 0 Å². The van der Waals surface area contributed by atoms with Crippen LogP contribution < -0.4 is 4.72 Å². The lowest BCUT2D eigenvalue weighted by molar-refractivity contribution is -0.130. The zero-order valence-corrected chi connectivity index (χ0v) is 15.4. The highest BCUT2D eigenvalue weighted by Gasteiger charge is 2.39. The first kappa shape index (κ1) is 17.9. The van der Waals surface area contributed by atoms with E-state index in [4.69, 9.17) is 0 Å². The summed E-state index contributed by atoms with van der Waals surface area (Å²) in [7, 11) is -3.92. The molecule has 1 aromatic carbocycles. The molecule has 1 saturated heterocycles. The number of carbonyl (C=O) groups excluding carboxylic acids is 2. The van der Waals surface area contributed by atoms with Crippen molar-refractivity contribution in [2.45, 2.75) is 56.9 Å². The number of nitrogens with zero attached hydrogens (tertiary/aromatic N) is 1. The fourth-order valence-electron chi connectivity index (χ4n) is 3.63. The van der Waals surface area contributed by atoms with Crippen LogP contribution >= 0.6 is 0 Å². The van der Waals surface area contributed by atoms with Crippen LogP contribution in [0.1, 0.15) is 43.2 Å². The van der Waals surface area contributed by atoms with Crippen LogP contribution in [-0.2, 0) is 19.6 Å². The van der Waals surface area contributed by atoms with Crippen molar-refractivity contribution in [1.29, 1.82) is 0 Å². The second-order valence-electron chi connectivity index (χ2n) is 7.10. The van der Waals surface area contributed by atoms with Crippen LogP contribution in [0.3, 0.4) is 0 Å². The predicted octanol–water partition coefficient (Wildman–Crippen LogP) is 1.90. The Morgan fingerprint density at radius 3 is 2.48 bits per heavy atom. The lowest BCUT2D eigenvalue weighted by Gasteiger charge is -2.23. The summed E-state index contributed by atoms with van der Waals surface area (Å²) in [5, 5.41) is 0. The number of amides is 2. The zero-order valence-electron chi connectivity index (χ0n) is 14.6. The molecule has 2 aliphatic rings. The maximum atomic E-state index is 12.5. The molecule has 1 heterocycles. The van der Waals surface area contributed by atoms with Crippen molar-refractivity contribution >= 4 is 21.8 Å². The summed E-state index contributed by atoms with van der Waals surface area (Å²) >= 11 is 0. The lowest BCUT2D eigenvalue weighted by Crippen LogP contribution is -2.38. The Balaban J connectivity index is 1.69. The van der Waals surface area contributed by atoms with Crippen molar-refractivity contribution in [3.05, 3.63) is 29.3 Å². The lowest BCUT2D eigenvalue weighted by atomic mass is 10.1. The first-order valence-electron chi connectivity index (χ1n) is 8.71. The quantitative estimate of drug-likeness (QED) is 0.884. The molecular weight excluding hydrogens is 340 g/mol. The van der Waals surface area contributed by atoms with Crippen molar-refractivity contribution in [1.82, 2.24) is 9.62 Å². The van der Waals surface area contributed by atoms with Crippen molar-refractivity contribution in [3.63, 3.8) is 0 Å². The SMILES string of the molecule is Cc1ccc(S(=O)(=O)NC(=O)C2CC(=O)N(C3CCCC3)C2)cc1C. The monoisotopic (exact) mass is 364 g/mol. The summed E-state index contributed by atoms with van der Waals surface area (Å²) < 4.78 is 27.1. The molecule has 2 amide bonds. The number of rotatable bonds is 4. The minimum atomic E-state index is -3.92. The second kappa shape index (κ2) is 6.78. The van der Waals surface area contributed by atoms with E-state index in [9.17, 15) is 18.0 Å². The Hall–Kier alpha value is -1.89. The van der Waals surface area contributed by atoms with Crippen LogP contribution in [0, 0.1) is 19.8 Å². The van der Waals surface area contributed by atoms with Gasteiger partial charge in [0.25, 0.3) is 10.0 Å². The van der Waals surface area contributed by atoms with Crippen molar-refractivity contribution < 1.29 is 18.0 Å². The minimum absolute atomic E-state index is 0.0457. The van der Waals surface area contributed by atoms with Crippen molar-refractivity contribution in [2.24, 2.45) is 5.92 Å². The molecule has 0 radical (unpaired) electrons. The fraction of sp³-hybridized carbons (Fsp3) is 0.556. The molecule has 0 aromatic heterocycles. The van der Waals surface area contributed by atoms with E-state index < -0.39 is 21.8 Å². The highest BCUT2D eigenvalue weighted by Crippen LogP contribution is 2.29. The number of aryl methyl sites for hydroxylation is 2. The highest BCUT2D eigenvalue weighted by molar-refractivity contribution is 7.90. The first-order chi connectivity index (χ1) is 11.8. The molecule has 7 heteroatoms. The number of benzene rings is 1. The number of sulfonamides is 1. The van der Waals surface area contributed by atoms with E-state index in [1.165, 1.54) is 6.07 Å². The van der Waals surface area contributed by atoms with Crippen molar-refractivity contribution in [2.75, 3.05) is 6.54 Å². The topological polar surface area (TPSA) is 83.5 Å². The summed E-state index contributed by atoms with van der Waals surface area (Å²) in [5.74, 6) is -1.24. The van der Waals surface area contributed by atoms with Gasteiger partial charge in [-0.2, -0.15) is 0 Å². The highest BCUT2D eigenvalue weighted by atomic mass is 32.2. The normalized spacial score (nSPS) is 21.8. The molecule has 1 aromatic rings. The van der Waals surface area contributed by atoms with Gasteiger partial charge >= 0.3 is 0 Å². The molecule has 2 fully saturated rings. The molecule has 0 bridgehead atoms. The van der Waals surface area contributed by atoms with Gasteiger partial charge in [-0.25, -0.2) is 13.1 Å². The molecule has 1 aliphatic heterocycles. The third-order valence-corrected chi connectivity index (χ3v) is 6.66. The van der Waals surface area contributed by atoms with Crippen LogP contribution in [-0.4, -0.2) is 37.7 Å². The Kier molecular flexibility index (Phi) is 4.86. The Labute approximate surface area is 148 Å². The predicted molar refractivity (Wildman–Crippen MR) is 93.3 cm³/mol. The van der Waals surface area contributed by atoms with Gasteiger partial charge in [0.2, 0.25) is 11.8 Å². The van der Waals surface area contributed by atoms with E-state index in [1.807, 2.05) is 13.8 Å². The van der Waals surface area contributed by atoms with Crippen LogP contribution in [0.5, 0.6) is 0 Å². The molecule has 136 valence electrons. The molecule has 1 saturated carbocycles. The van der Waals surface area contributed by atoms with Gasteiger partial charge in [0.1, 0.15) is 0 Å². The summed E-state index contributed by atoms with van der Waals surface area (Å²) in [6.07, 6.45) is 4.24. The van der Waals surface area contributed by atoms with E-state index in [0.29, 0.717) is 6.54 Å². The first-order valence-corrected chi connectivity index (χ1v) is 10.2. The Bertz CT molecular complexity index is 797. The van der Waals surface area contributed by atoms with E-state index >= 15 is 0 Å². The smallest absolute Gasteiger partial charge is 0.264 e. The van der Waals surface area contributed by atoms with Gasteiger partial charge in [0.15, 0.2) is 0 Å². The summed E-state index contributed by atoms with van der Waals surface area (Å²) in [4.78, 5) is 26.4. The average molecular weight is 364 g/mol. The third kappa shape index (κ3) is 3.71. The van der Waals surface area contributed by atoms with Crippen LogP contribution in [0.15, 0.2) is 23.1 Å². The molecular formula is C18H24N2O4S. The van der Waals surface area contributed by atoms with E-state index in [1.54, 1.807) is 17.0 Å². The maximum Gasteiger partial charge on any atom is 0.264 e. The van der Waals surface area contributed by atoms with E-state index in [2.05, 4.69) is 4.72 Å². The van der Waals surface area contributed by atoms with Gasteiger partial charge in [-0.3, -0.25) is 9.59 Å². The maximum absolute atomic E-state index is 12.5. The van der Waals surface area contributed by atoms with E-state index in [0.717, 1.165) is 36.8 Å². The molecule has 25 heavy (non-hydrogen) atoms. The summed E-state index contributed by atoms with van der Waals surface area (Å²) in [6.45, 7) is 4.04. The molecule has 0 spiro atoms. The molecule has 1 atom stereocenters. The van der Waals surface area contributed by atoms with Crippen LogP contribution in [0.25, 0.3) is 0 Å². The van der Waals surface area contributed by atoms with Gasteiger partial charge in [0.05, 0.1) is 10.8 Å². The summed E-state index contributed by atoms with van der Waals surface area (Å²) in [5.41, 5.74) is 1.83. The van der Waals surface area contributed by atoms with Gasteiger partial charge in [-0.15, -0.1) is 0 Å². The Morgan fingerprint density at radius 2 is 1.84 bits per heavy atom. The zero-order chi connectivity index (χ0) is 18.2. The van der Waals surface area contributed by atoms with Gasteiger partial charge in [-0.1, -0.05) is 18.9 Å². The van der Waals surface area contributed by atoms with Gasteiger partial charge in [-0.05, 0) is 49.9 Å². The molecule has 1 aliphatic carbocycles. The molecule has 6 nitrogen and oxygen atoms in total. The number of hydrogen-bond acceptors (Lipinski definition) is 4. The van der Waals surface area contributed by atoms with Crippen LogP contribution in [0.2, 0.25) is 0 Å². The molecule has 3 rings (SSSR count). The second-order valence-corrected chi connectivity index (χ2v) is 8.78. The minimum Gasteiger partial charge on any atom is -0.339 e. The number of likely N-dealkylation sites (tertiary alicyclic amines) is 1. The van der Waals surface area contributed by atoms with Gasteiger partial charge in [0, 0.05) is 19.0 Å². The van der Waals surface area contributed by atoms with E-state index in [-0.39, 0.29) is 23.3 Å². The van der Waals surface area contributed by atoms with Crippen LogP contribution in [0.4, 0.5) is 0 Å². The summed E-state index contributed by atoms with van der Waals surface area (Å²) in [6, 6.07) is 4.97. The standard InChI is InChI=1S/C18H24N2O4S/c1-12-7-8-16(9-13(12)2)25(23,24)19-18(22)14-10-17(21)20(11-14)15-5-3-4-6-15/h7-9,14-15H,3-6,10-11H2,1-2H3,(H,19,22). The average Bonchev–Trinajstić information content (AvgIpc) is 3.18. The third-order valence-electron chi connectivity index (χ3n) is 5.32. The number of carbonyl (C=O) groups is 2. The largest absolute Gasteiger partial charge is 0.339 e. The molecule has 1 N–H and O–H groups in total. The number of hydrogen-bond donors (Lipinski definition) is 1.